The van der Waals surface area contributed by atoms with Crippen LogP contribution in [0.25, 0.3) is 0 Å². The molecule has 0 atom stereocenters. The molecule has 0 aliphatic carbocycles. The van der Waals surface area contributed by atoms with Crippen molar-refractivity contribution >= 4 is 39.8 Å². The average molecular weight is 377 g/mol. The number of hydrogen-bond donors (Lipinski definition) is 1. The van der Waals surface area contributed by atoms with Crippen molar-refractivity contribution < 1.29 is 4.79 Å². The first kappa shape index (κ1) is 16.8. The molecule has 1 N–H and O–H groups in total. The van der Waals surface area contributed by atoms with E-state index in [0.717, 1.165) is 15.8 Å². The van der Waals surface area contributed by atoms with Crippen LogP contribution in [0, 0.1) is 6.92 Å². The van der Waals surface area contributed by atoms with Crippen molar-refractivity contribution in [2.75, 3.05) is 5.75 Å². The highest BCUT2D eigenvalue weighted by atomic mass is 79.9. The van der Waals surface area contributed by atoms with Gasteiger partial charge in [-0.3, -0.25) is 4.79 Å². The first-order valence-corrected chi connectivity index (χ1v) is 8.69. The van der Waals surface area contributed by atoms with Crippen LogP contribution >= 0.6 is 27.7 Å². The Balaban J connectivity index is 1.72. The maximum Gasteiger partial charge on any atom is 0.240 e. The Bertz CT molecular complexity index is 656. The molecule has 0 aliphatic rings. The van der Waals surface area contributed by atoms with E-state index in [1.54, 1.807) is 18.0 Å². The summed E-state index contributed by atoms with van der Waals surface area (Å²) in [6, 6.07) is 16.0. The molecule has 114 valence electrons. The molecule has 0 radical (unpaired) electrons. The van der Waals surface area contributed by atoms with Gasteiger partial charge in [-0.25, -0.2) is 5.43 Å². The lowest BCUT2D eigenvalue weighted by molar-refractivity contribution is -0.120. The fraction of sp³-hybridized carbons (Fsp3) is 0.176. The van der Waals surface area contributed by atoms with Gasteiger partial charge in [-0.15, -0.1) is 11.8 Å². The van der Waals surface area contributed by atoms with Crippen molar-refractivity contribution in [3.63, 3.8) is 0 Å². The average Bonchev–Trinajstić information content (AvgIpc) is 2.51. The molecule has 0 heterocycles. The van der Waals surface area contributed by atoms with Crippen LogP contribution in [0.3, 0.4) is 0 Å². The summed E-state index contributed by atoms with van der Waals surface area (Å²) in [4.78, 5) is 12.9. The fourth-order valence-electron chi connectivity index (χ4n) is 1.71. The standard InChI is InChI=1S/C17H17BrN2OS/c1-13-6-8-15(9-7-13)22-11-10-17(21)20-19-12-14-4-2-3-5-16(14)18/h2-9,12H,10-11H2,1H3,(H,20,21)/b19-12-. The number of benzene rings is 2. The maximum atomic E-state index is 11.7. The molecule has 0 saturated carbocycles. The maximum absolute atomic E-state index is 11.7. The minimum Gasteiger partial charge on any atom is -0.273 e. The van der Waals surface area contributed by atoms with Gasteiger partial charge < -0.3 is 0 Å². The largest absolute Gasteiger partial charge is 0.273 e. The Morgan fingerprint density at radius 1 is 1.23 bits per heavy atom. The summed E-state index contributed by atoms with van der Waals surface area (Å²) < 4.78 is 0.947. The number of carbonyl (C=O) groups is 1. The smallest absolute Gasteiger partial charge is 0.240 e. The number of carbonyl (C=O) groups excluding carboxylic acids is 1. The van der Waals surface area contributed by atoms with Gasteiger partial charge in [0.2, 0.25) is 5.91 Å². The number of aryl methyl sites for hydroxylation is 1. The predicted octanol–water partition coefficient (Wildman–Crippen LogP) is 4.39. The van der Waals surface area contributed by atoms with E-state index in [2.05, 4.69) is 57.6 Å². The molecule has 22 heavy (non-hydrogen) atoms. The molecule has 3 nitrogen and oxygen atoms in total. The summed E-state index contributed by atoms with van der Waals surface area (Å²) in [5.41, 5.74) is 4.72. The van der Waals surface area contributed by atoms with E-state index in [-0.39, 0.29) is 5.91 Å². The minimum atomic E-state index is -0.0806. The lowest BCUT2D eigenvalue weighted by Gasteiger charge is -2.02. The second-order valence-corrected chi connectivity index (χ2v) is 6.75. The Labute approximate surface area is 143 Å². The molecule has 0 aliphatic heterocycles. The Hall–Kier alpha value is -1.59. The topological polar surface area (TPSA) is 41.5 Å². The molecular formula is C17H17BrN2OS. The van der Waals surface area contributed by atoms with Gasteiger partial charge in [-0.1, -0.05) is 51.8 Å². The summed E-state index contributed by atoms with van der Waals surface area (Å²) in [5, 5.41) is 3.98. The van der Waals surface area contributed by atoms with Gasteiger partial charge in [0.1, 0.15) is 0 Å². The zero-order chi connectivity index (χ0) is 15.8. The van der Waals surface area contributed by atoms with Crippen LogP contribution in [0.1, 0.15) is 17.5 Å². The van der Waals surface area contributed by atoms with Gasteiger partial charge in [-0.05, 0) is 25.1 Å². The van der Waals surface area contributed by atoms with Gasteiger partial charge >= 0.3 is 0 Å². The third-order valence-corrected chi connectivity index (χ3v) is 4.65. The molecule has 0 unspecified atom stereocenters. The molecule has 0 spiro atoms. The second kappa shape index (κ2) is 8.76. The number of amides is 1. The highest BCUT2D eigenvalue weighted by molar-refractivity contribution is 9.10. The van der Waals surface area contributed by atoms with Gasteiger partial charge in [0, 0.05) is 27.1 Å². The molecule has 5 heteroatoms. The van der Waals surface area contributed by atoms with Crippen LogP contribution in [-0.2, 0) is 4.79 Å². The quantitative estimate of drug-likeness (QED) is 0.461. The highest BCUT2D eigenvalue weighted by Crippen LogP contribution is 2.18. The Morgan fingerprint density at radius 2 is 1.95 bits per heavy atom. The highest BCUT2D eigenvalue weighted by Gasteiger charge is 2.01. The SMILES string of the molecule is Cc1ccc(SCCC(=O)N/N=C\c2ccccc2Br)cc1. The van der Waals surface area contributed by atoms with Crippen molar-refractivity contribution in [2.45, 2.75) is 18.2 Å². The van der Waals surface area contributed by atoms with E-state index in [1.807, 2.05) is 24.3 Å². The number of hydrazone groups is 1. The number of halogens is 1. The summed E-state index contributed by atoms with van der Waals surface area (Å²) in [7, 11) is 0. The van der Waals surface area contributed by atoms with Gasteiger partial charge in [0.25, 0.3) is 0 Å². The number of hydrogen-bond acceptors (Lipinski definition) is 3. The summed E-state index contributed by atoms with van der Waals surface area (Å²) in [5.74, 6) is 0.655. The van der Waals surface area contributed by atoms with E-state index in [0.29, 0.717) is 6.42 Å². The number of nitrogens with one attached hydrogen (secondary N) is 1. The van der Waals surface area contributed by atoms with E-state index < -0.39 is 0 Å². The van der Waals surface area contributed by atoms with Crippen LogP contribution in [-0.4, -0.2) is 17.9 Å². The zero-order valence-corrected chi connectivity index (χ0v) is 14.7. The van der Waals surface area contributed by atoms with Crippen molar-refractivity contribution in [1.82, 2.24) is 5.43 Å². The van der Waals surface area contributed by atoms with Gasteiger partial charge in [-0.2, -0.15) is 5.10 Å². The molecule has 0 fully saturated rings. The first-order chi connectivity index (χ1) is 10.6. The molecule has 2 aromatic carbocycles. The van der Waals surface area contributed by atoms with Crippen molar-refractivity contribution in [1.29, 1.82) is 0 Å². The third-order valence-electron chi connectivity index (χ3n) is 2.92. The summed E-state index contributed by atoms with van der Waals surface area (Å²) in [6.07, 6.45) is 2.07. The molecule has 2 rings (SSSR count). The van der Waals surface area contributed by atoms with Crippen LogP contribution in [0.5, 0.6) is 0 Å². The number of rotatable bonds is 6. The Kier molecular flexibility index (Phi) is 6.68. The van der Waals surface area contributed by atoms with Gasteiger partial charge in [0.05, 0.1) is 6.21 Å². The molecule has 0 aromatic heterocycles. The van der Waals surface area contributed by atoms with Crippen LogP contribution in [0.15, 0.2) is 63.0 Å². The zero-order valence-electron chi connectivity index (χ0n) is 12.3. The van der Waals surface area contributed by atoms with E-state index in [1.165, 1.54) is 10.5 Å². The first-order valence-electron chi connectivity index (χ1n) is 6.91. The molecule has 0 bridgehead atoms. The molecule has 0 saturated heterocycles. The van der Waals surface area contributed by atoms with E-state index in [4.69, 9.17) is 0 Å². The summed E-state index contributed by atoms with van der Waals surface area (Å²) in [6.45, 7) is 2.06. The molecule has 1 amide bonds. The van der Waals surface area contributed by atoms with Crippen LogP contribution in [0.2, 0.25) is 0 Å². The summed E-state index contributed by atoms with van der Waals surface area (Å²) >= 11 is 5.10. The van der Waals surface area contributed by atoms with Crippen molar-refractivity contribution in [3.05, 3.63) is 64.1 Å². The molecule has 2 aromatic rings. The third kappa shape index (κ3) is 5.66. The van der Waals surface area contributed by atoms with Crippen LogP contribution in [0.4, 0.5) is 0 Å². The van der Waals surface area contributed by atoms with E-state index >= 15 is 0 Å². The Morgan fingerprint density at radius 3 is 2.68 bits per heavy atom. The predicted molar refractivity (Wildman–Crippen MR) is 96.4 cm³/mol. The number of nitrogens with zero attached hydrogens (tertiary/aromatic N) is 1. The number of thioether (sulfide) groups is 1. The monoisotopic (exact) mass is 376 g/mol. The normalized spacial score (nSPS) is 10.8. The molecular weight excluding hydrogens is 360 g/mol. The van der Waals surface area contributed by atoms with E-state index in [9.17, 15) is 4.79 Å². The second-order valence-electron chi connectivity index (χ2n) is 4.73. The lowest BCUT2D eigenvalue weighted by Crippen LogP contribution is -2.17. The van der Waals surface area contributed by atoms with Crippen LogP contribution < -0.4 is 5.43 Å². The minimum absolute atomic E-state index is 0.0806. The lowest BCUT2D eigenvalue weighted by atomic mass is 10.2. The van der Waals surface area contributed by atoms with Gasteiger partial charge in [0.15, 0.2) is 0 Å². The van der Waals surface area contributed by atoms with Crippen molar-refractivity contribution in [3.8, 4) is 0 Å². The fourth-order valence-corrected chi connectivity index (χ4v) is 2.94. The van der Waals surface area contributed by atoms with Crippen molar-refractivity contribution in [2.24, 2.45) is 5.10 Å².